The van der Waals surface area contributed by atoms with Gasteiger partial charge in [-0.15, -0.1) is 11.3 Å². The van der Waals surface area contributed by atoms with E-state index in [0.717, 1.165) is 10.4 Å². The van der Waals surface area contributed by atoms with Crippen molar-refractivity contribution in [3.63, 3.8) is 0 Å². The molecule has 2 N–H and O–H groups in total. The number of carbonyl (C=O) groups is 2. The van der Waals surface area contributed by atoms with Gasteiger partial charge in [0.15, 0.2) is 0 Å². The Kier molecular flexibility index (Phi) is 6.10. The van der Waals surface area contributed by atoms with Crippen molar-refractivity contribution in [3.8, 4) is 0 Å². The van der Waals surface area contributed by atoms with E-state index in [9.17, 15) is 9.59 Å². The molecule has 98 valence electrons. The second kappa shape index (κ2) is 7.62. The Morgan fingerprint density at radius 3 is 2.94 bits per heavy atom. The van der Waals surface area contributed by atoms with Gasteiger partial charge in [0.25, 0.3) is 0 Å². The standard InChI is InChI=1S/C12H15NO4S/c1-9-4-7-18-10(9)2-3-11(14)13-5-6-17-8-12(15)16/h2-4,7H,5-6,8H2,1H3,(H,13,14)(H,15,16). The Hall–Kier alpha value is -1.66. The van der Waals surface area contributed by atoms with Gasteiger partial charge in [-0.25, -0.2) is 4.79 Å². The van der Waals surface area contributed by atoms with Gasteiger partial charge in [0, 0.05) is 17.5 Å². The minimum atomic E-state index is -1.02. The SMILES string of the molecule is Cc1ccsc1C=CC(=O)NCCOCC(=O)O. The van der Waals surface area contributed by atoms with Crippen LogP contribution in [0.15, 0.2) is 17.5 Å². The van der Waals surface area contributed by atoms with Crippen LogP contribution in [0.3, 0.4) is 0 Å². The monoisotopic (exact) mass is 269 g/mol. The van der Waals surface area contributed by atoms with E-state index in [-0.39, 0.29) is 19.1 Å². The van der Waals surface area contributed by atoms with Gasteiger partial charge in [0.1, 0.15) is 6.61 Å². The molecule has 0 spiro atoms. The van der Waals surface area contributed by atoms with Crippen LogP contribution in [0.25, 0.3) is 6.08 Å². The third-order valence-electron chi connectivity index (χ3n) is 2.06. The Labute approximate surface area is 109 Å². The van der Waals surface area contributed by atoms with E-state index in [1.807, 2.05) is 18.4 Å². The molecule has 0 bridgehead atoms. The van der Waals surface area contributed by atoms with Crippen molar-refractivity contribution in [1.29, 1.82) is 0 Å². The molecule has 18 heavy (non-hydrogen) atoms. The first-order valence-electron chi connectivity index (χ1n) is 5.39. The first kappa shape index (κ1) is 14.4. The summed E-state index contributed by atoms with van der Waals surface area (Å²) in [4.78, 5) is 22.6. The van der Waals surface area contributed by atoms with Crippen molar-refractivity contribution in [2.75, 3.05) is 19.8 Å². The summed E-state index contributed by atoms with van der Waals surface area (Å²) in [7, 11) is 0. The zero-order valence-corrected chi connectivity index (χ0v) is 10.8. The molecule has 1 rings (SSSR count). The number of aryl methyl sites for hydroxylation is 1. The molecule has 0 aliphatic carbocycles. The van der Waals surface area contributed by atoms with E-state index in [4.69, 9.17) is 9.84 Å². The lowest BCUT2D eigenvalue weighted by Gasteiger charge is -2.02. The highest BCUT2D eigenvalue weighted by atomic mass is 32.1. The van der Waals surface area contributed by atoms with Crippen LogP contribution in [-0.2, 0) is 14.3 Å². The van der Waals surface area contributed by atoms with E-state index in [0.29, 0.717) is 6.54 Å². The molecule has 0 saturated carbocycles. The number of ether oxygens (including phenoxy) is 1. The number of rotatable bonds is 7. The minimum Gasteiger partial charge on any atom is -0.480 e. The van der Waals surface area contributed by atoms with E-state index >= 15 is 0 Å². The molecule has 0 aliphatic heterocycles. The van der Waals surface area contributed by atoms with Crippen molar-refractivity contribution < 1.29 is 19.4 Å². The summed E-state index contributed by atoms with van der Waals surface area (Å²) in [6.45, 7) is 2.11. The second-order valence-corrected chi connectivity index (χ2v) is 4.49. The van der Waals surface area contributed by atoms with Crippen LogP contribution in [0.2, 0.25) is 0 Å². The first-order chi connectivity index (χ1) is 8.59. The predicted octanol–water partition coefficient (Wildman–Crippen LogP) is 1.29. The average molecular weight is 269 g/mol. The van der Waals surface area contributed by atoms with Crippen LogP contribution >= 0.6 is 11.3 Å². The van der Waals surface area contributed by atoms with Crippen molar-refractivity contribution in [2.45, 2.75) is 6.92 Å². The van der Waals surface area contributed by atoms with E-state index < -0.39 is 5.97 Å². The summed E-state index contributed by atoms with van der Waals surface area (Å²) < 4.78 is 4.78. The summed E-state index contributed by atoms with van der Waals surface area (Å²) in [6, 6.07) is 1.99. The number of hydrogen-bond donors (Lipinski definition) is 2. The molecule has 1 aromatic heterocycles. The number of aliphatic carboxylic acids is 1. The van der Waals surface area contributed by atoms with Crippen LogP contribution in [0.1, 0.15) is 10.4 Å². The third kappa shape index (κ3) is 5.60. The van der Waals surface area contributed by atoms with Gasteiger partial charge in [-0.3, -0.25) is 4.79 Å². The Morgan fingerprint density at radius 2 is 2.33 bits per heavy atom. The Balaban J connectivity index is 2.20. The predicted molar refractivity (Wildman–Crippen MR) is 69.6 cm³/mol. The minimum absolute atomic E-state index is 0.184. The summed E-state index contributed by atoms with van der Waals surface area (Å²) >= 11 is 1.57. The number of thiophene rings is 1. The van der Waals surface area contributed by atoms with Crippen LogP contribution in [0, 0.1) is 6.92 Å². The van der Waals surface area contributed by atoms with Crippen LogP contribution in [0.5, 0.6) is 0 Å². The summed E-state index contributed by atoms with van der Waals surface area (Å²) in [5, 5.41) is 12.9. The van der Waals surface area contributed by atoms with Crippen LogP contribution in [0.4, 0.5) is 0 Å². The molecule has 1 heterocycles. The first-order valence-corrected chi connectivity index (χ1v) is 6.27. The van der Waals surface area contributed by atoms with Crippen molar-refractivity contribution >= 4 is 29.3 Å². The lowest BCUT2D eigenvalue weighted by Crippen LogP contribution is -2.26. The molecule has 0 fully saturated rings. The maximum atomic E-state index is 11.4. The molecule has 0 atom stereocenters. The number of amides is 1. The van der Waals surface area contributed by atoms with Gasteiger partial charge in [-0.05, 0) is 30.0 Å². The molecule has 0 radical (unpaired) electrons. The largest absolute Gasteiger partial charge is 0.480 e. The normalized spacial score (nSPS) is 10.7. The highest BCUT2D eigenvalue weighted by Crippen LogP contribution is 2.16. The summed E-state index contributed by atoms with van der Waals surface area (Å²) in [5.41, 5.74) is 1.13. The molecule has 5 nitrogen and oxygen atoms in total. The van der Waals surface area contributed by atoms with Crippen molar-refractivity contribution in [3.05, 3.63) is 28.0 Å². The molecular weight excluding hydrogens is 254 g/mol. The van der Waals surface area contributed by atoms with Crippen molar-refractivity contribution in [1.82, 2.24) is 5.32 Å². The zero-order chi connectivity index (χ0) is 13.4. The van der Waals surface area contributed by atoms with E-state index in [1.165, 1.54) is 6.08 Å². The molecule has 0 saturated heterocycles. The molecule has 0 unspecified atom stereocenters. The molecule has 0 aliphatic rings. The van der Waals surface area contributed by atoms with Gasteiger partial charge in [0.2, 0.25) is 5.91 Å². The number of carbonyl (C=O) groups excluding carboxylic acids is 1. The highest BCUT2D eigenvalue weighted by Gasteiger charge is 1.99. The highest BCUT2D eigenvalue weighted by molar-refractivity contribution is 7.11. The third-order valence-corrected chi connectivity index (χ3v) is 3.04. The van der Waals surface area contributed by atoms with E-state index in [2.05, 4.69) is 5.32 Å². The molecule has 6 heteroatoms. The summed E-state index contributed by atoms with van der Waals surface area (Å²) in [6.07, 6.45) is 3.21. The number of nitrogens with one attached hydrogen (secondary N) is 1. The zero-order valence-electron chi connectivity index (χ0n) is 10.0. The van der Waals surface area contributed by atoms with Gasteiger partial charge in [-0.2, -0.15) is 0 Å². The quantitative estimate of drug-likeness (QED) is 0.577. The lowest BCUT2D eigenvalue weighted by molar-refractivity contribution is -0.142. The number of carboxylic acid groups (broad SMARTS) is 1. The van der Waals surface area contributed by atoms with Crippen molar-refractivity contribution in [2.24, 2.45) is 0 Å². The Bertz CT molecular complexity index is 439. The average Bonchev–Trinajstić information content (AvgIpc) is 2.71. The fourth-order valence-corrected chi connectivity index (χ4v) is 1.99. The van der Waals surface area contributed by atoms with Gasteiger partial charge in [-0.1, -0.05) is 0 Å². The van der Waals surface area contributed by atoms with Gasteiger partial charge < -0.3 is 15.2 Å². The molecule has 1 aromatic rings. The van der Waals surface area contributed by atoms with Crippen LogP contribution in [-0.4, -0.2) is 36.7 Å². The fraction of sp³-hybridized carbons (Fsp3) is 0.333. The number of hydrogen-bond acceptors (Lipinski definition) is 4. The van der Waals surface area contributed by atoms with Gasteiger partial charge in [0.05, 0.1) is 6.61 Å². The van der Waals surface area contributed by atoms with Crippen LogP contribution < -0.4 is 5.32 Å². The smallest absolute Gasteiger partial charge is 0.329 e. The second-order valence-electron chi connectivity index (χ2n) is 3.54. The maximum Gasteiger partial charge on any atom is 0.329 e. The lowest BCUT2D eigenvalue weighted by atomic mass is 10.3. The van der Waals surface area contributed by atoms with Gasteiger partial charge >= 0.3 is 5.97 Å². The molecular formula is C12H15NO4S. The number of carboxylic acids is 1. The topological polar surface area (TPSA) is 75.6 Å². The Morgan fingerprint density at radius 1 is 1.56 bits per heavy atom. The van der Waals surface area contributed by atoms with E-state index in [1.54, 1.807) is 17.4 Å². The summed E-state index contributed by atoms with van der Waals surface area (Å²) in [5.74, 6) is -1.24. The molecule has 1 amide bonds. The fourth-order valence-electron chi connectivity index (χ4n) is 1.17. The maximum absolute atomic E-state index is 11.4. The molecule has 0 aromatic carbocycles.